The summed E-state index contributed by atoms with van der Waals surface area (Å²) in [5, 5.41) is 5.99. The highest BCUT2D eigenvalue weighted by Crippen LogP contribution is 2.20. The lowest BCUT2D eigenvalue weighted by Gasteiger charge is -2.10. The highest BCUT2D eigenvalue weighted by molar-refractivity contribution is 6.33. The van der Waals surface area contributed by atoms with Gasteiger partial charge in [-0.1, -0.05) is 35.9 Å². The minimum absolute atomic E-state index is 0.274. The van der Waals surface area contributed by atoms with Crippen LogP contribution in [0.1, 0.15) is 12.0 Å². The Morgan fingerprint density at radius 2 is 2.00 bits per heavy atom. The van der Waals surface area contributed by atoms with Crippen LogP contribution < -0.4 is 15.4 Å². The van der Waals surface area contributed by atoms with E-state index in [0.29, 0.717) is 23.9 Å². The van der Waals surface area contributed by atoms with E-state index in [1.54, 1.807) is 12.1 Å². The molecule has 2 rings (SSSR count). The molecule has 2 aromatic rings. The first-order valence-electron chi connectivity index (χ1n) is 7.14. The summed E-state index contributed by atoms with van der Waals surface area (Å²) in [6.07, 6.45) is 0.726. The Labute approximate surface area is 135 Å². The fraction of sp³-hybridized carbons (Fsp3) is 0.235. The van der Waals surface area contributed by atoms with Gasteiger partial charge in [-0.05, 0) is 43.2 Å². The van der Waals surface area contributed by atoms with Crippen molar-refractivity contribution in [3.63, 3.8) is 0 Å². The van der Waals surface area contributed by atoms with Gasteiger partial charge in [-0.15, -0.1) is 0 Å². The van der Waals surface area contributed by atoms with Gasteiger partial charge in [-0.3, -0.25) is 0 Å². The van der Waals surface area contributed by atoms with Crippen molar-refractivity contribution < 1.29 is 9.53 Å². The molecule has 0 radical (unpaired) electrons. The smallest absolute Gasteiger partial charge is 0.319 e. The lowest BCUT2D eigenvalue weighted by atomic mass is 10.2. The molecule has 2 amide bonds. The minimum atomic E-state index is -0.274. The number of hydrogen-bond donors (Lipinski definition) is 2. The Morgan fingerprint density at radius 3 is 2.77 bits per heavy atom. The number of ether oxygens (including phenoxy) is 1. The fourth-order valence-electron chi connectivity index (χ4n) is 1.90. The Bertz CT molecular complexity index is 632. The van der Waals surface area contributed by atoms with Gasteiger partial charge < -0.3 is 15.4 Å². The van der Waals surface area contributed by atoms with Crippen LogP contribution in [-0.4, -0.2) is 19.2 Å². The Balaban J connectivity index is 1.64. The van der Waals surface area contributed by atoms with Gasteiger partial charge in [0.25, 0.3) is 0 Å². The lowest BCUT2D eigenvalue weighted by molar-refractivity contribution is 0.250. The Hall–Kier alpha value is -2.20. The molecule has 0 saturated carbocycles. The molecule has 22 heavy (non-hydrogen) atoms. The second-order valence-electron chi connectivity index (χ2n) is 4.88. The van der Waals surface area contributed by atoms with Crippen LogP contribution in [0.5, 0.6) is 5.75 Å². The molecule has 2 aromatic carbocycles. The van der Waals surface area contributed by atoms with Crippen molar-refractivity contribution in [2.24, 2.45) is 0 Å². The van der Waals surface area contributed by atoms with Crippen LogP contribution in [-0.2, 0) is 0 Å². The molecule has 0 aliphatic rings. The van der Waals surface area contributed by atoms with E-state index < -0.39 is 0 Å². The van der Waals surface area contributed by atoms with Crippen molar-refractivity contribution in [3.8, 4) is 5.75 Å². The second-order valence-corrected chi connectivity index (χ2v) is 5.29. The largest absolute Gasteiger partial charge is 0.494 e. The number of carbonyl (C=O) groups excluding carboxylic acids is 1. The SMILES string of the molecule is Cc1cccc(OCCCNC(=O)Nc2ccccc2Cl)c1. The quantitative estimate of drug-likeness (QED) is 0.783. The molecule has 4 nitrogen and oxygen atoms in total. The number of rotatable bonds is 6. The van der Waals surface area contributed by atoms with E-state index in [4.69, 9.17) is 16.3 Å². The first-order chi connectivity index (χ1) is 10.6. The molecular formula is C17H19ClN2O2. The summed E-state index contributed by atoms with van der Waals surface area (Å²) >= 11 is 5.97. The molecule has 2 N–H and O–H groups in total. The van der Waals surface area contributed by atoms with Gasteiger partial charge in [-0.25, -0.2) is 4.79 Å². The predicted octanol–water partition coefficient (Wildman–Crippen LogP) is 4.24. The topological polar surface area (TPSA) is 50.4 Å². The zero-order valence-electron chi connectivity index (χ0n) is 12.4. The van der Waals surface area contributed by atoms with E-state index in [1.807, 2.05) is 43.3 Å². The third-order valence-electron chi connectivity index (χ3n) is 2.99. The molecule has 116 valence electrons. The molecule has 0 atom stereocenters. The van der Waals surface area contributed by atoms with E-state index in [-0.39, 0.29) is 6.03 Å². The third-order valence-corrected chi connectivity index (χ3v) is 3.32. The maximum atomic E-state index is 11.7. The summed E-state index contributed by atoms with van der Waals surface area (Å²) in [5.74, 6) is 0.848. The van der Waals surface area contributed by atoms with Crippen molar-refractivity contribution in [1.82, 2.24) is 5.32 Å². The number of urea groups is 1. The van der Waals surface area contributed by atoms with Crippen LogP contribution in [0, 0.1) is 6.92 Å². The van der Waals surface area contributed by atoms with E-state index in [9.17, 15) is 4.79 Å². The fourth-order valence-corrected chi connectivity index (χ4v) is 2.08. The van der Waals surface area contributed by atoms with Crippen molar-refractivity contribution in [3.05, 3.63) is 59.1 Å². The summed E-state index contributed by atoms with van der Waals surface area (Å²) in [5.41, 5.74) is 1.76. The van der Waals surface area contributed by atoms with Crippen LogP contribution >= 0.6 is 11.6 Å². The van der Waals surface area contributed by atoms with Crippen LogP contribution in [0.15, 0.2) is 48.5 Å². The van der Waals surface area contributed by atoms with E-state index >= 15 is 0 Å². The molecular weight excluding hydrogens is 300 g/mol. The van der Waals surface area contributed by atoms with Gasteiger partial charge in [0.2, 0.25) is 0 Å². The van der Waals surface area contributed by atoms with Crippen molar-refractivity contribution >= 4 is 23.3 Å². The Kier molecular flexibility index (Phi) is 6.10. The van der Waals surface area contributed by atoms with Gasteiger partial charge in [-0.2, -0.15) is 0 Å². The van der Waals surface area contributed by atoms with Crippen LogP contribution in [0.4, 0.5) is 10.5 Å². The number of aryl methyl sites for hydroxylation is 1. The standard InChI is InChI=1S/C17H19ClN2O2/c1-13-6-4-7-14(12-13)22-11-5-10-19-17(21)20-16-9-3-2-8-15(16)18/h2-4,6-9,12H,5,10-11H2,1H3,(H2,19,20,21). The number of nitrogens with one attached hydrogen (secondary N) is 2. The average Bonchev–Trinajstić information content (AvgIpc) is 2.49. The van der Waals surface area contributed by atoms with Crippen LogP contribution in [0.3, 0.4) is 0 Å². The number of hydrogen-bond acceptors (Lipinski definition) is 2. The van der Waals surface area contributed by atoms with Gasteiger partial charge in [0.1, 0.15) is 5.75 Å². The molecule has 0 aliphatic heterocycles. The summed E-state index contributed by atoms with van der Waals surface area (Å²) in [6, 6.07) is 14.7. The van der Waals surface area contributed by atoms with Crippen molar-refractivity contribution in [2.45, 2.75) is 13.3 Å². The molecule has 0 fully saturated rings. The number of halogens is 1. The monoisotopic (exact) mass is 318 g/mol. The highest BCUT2D eigenvalue weighted by Gasteiger charge is 2.03. The number of carbonyl (C=O) groups is 1. The van der Waals surface area contributed by atoms with Crippen molar-refractivity contribution in [1.29, 1.82) is 0 Å². The highest BCUT2D eigenvalue weighted by atomic mass is 35.5. The zero-order chi connectivity index (χ0) is 15.8. The van der Waals surface area contributed by atoms with Gasteiger partial charge >= 0.3 is 6.03 Å². The summed E-state index contributed by atoms with van der Waals surface area (Å²) in [6.45, 7) is 3.10. The minimum Gasteiger partial charge on any atom is -0.494 e. The van der Waals surface area contributed by atoms with Gasteiger partial charge in [0, 0.05) is 6.54 Å². The number of para-hydroxylation sites is 1. The van der Waals surface area contributed by atoms with Crippen LogP contribution in [0.25, 0.3) is 0 Å². The van der Waals surface area contributed by atoms with E-state index in [1.165, 1.54) is 0 Å². The number of benzene rings is 2. The molecule has 0 heterocycles. The molecule has 0 saturated heterocycles. The molecule has 0 bridgehead atoms. The molecule has 5 heteroatoms. The third kappa shape index (κ3) is 5.30. The number of amides is 2. The molecule has 0 aromatic heterocycles. The normalized spacial score (nSPS) is 10.1. The summed E-state index contributed by atoms with van der Waals surface area (Å²) in [4.78, 5) is 11.7. The average molecular weight is 319 g/mol. The first kappa shape index (κ1) is 16.2. The van der Waals surface area contributed by atoms with Crippen LogP contribution in [0.2, 0.25) is 5.02 Å². The van der Waals surface area contributed by atoms with E-state index in [2.05, 4.69) is 10.6 Å². The molecule has 0 aliphatic carbocycles. The van der Waals surface area contributed by atoms with Crippen molar-refractivity contribution in [2.75, 3.05) is 18.5 Å². The molecule has 0 spiro atoms. The first-order valence-corrected chi connectivity index (χ1v) is 7.52. The maximum absolute atomic E-state index is 11.7. The van der Waals surface area contributed by atoms with E-state index in [0.717, 1.165) is 17.7 Å². The zero-order valence-corrected chi connectivity index (χ0v) is 13.2. The number of anilines is 1. The van der Waals surface area contributed by atoms with Gasteiger partial charge in [0.05, 0.1) is 17.3 Å². The Morgan fingerprint density at radius 1 is 1.18 bits per heavy atom. The summed E-state index contributed by atoms with van der Waals surface area (Å²) in [7, 11) is 0. The predicted molar refractivity (Wildman–Crippen MR) is 89.8 cm³/mol. The second kappa shape index (κ2) is 8.29. The van der Waals surface area contributed by atoms with Gasteiger partial charge in [0.15, 0.2) is 0 Å². The lowest BCUT2D eigenvalue weighted by Crippen LogP contribution is -2.30. The maximum Gasteiger partial charge on any atom is 0.319 e. The molecule has 0 unspecified atom stereocenters. The summed E-state index contributed by atoms with van der Waals surface area (Å²) < 4.78 is 5.61.